The molecular weight excluding hydrogens is 266 g/mol. The summed E-state index contributed by atoms with van der Waals surface area (Å²) in [4.78, 5) is 30.7. The lowest BCUT2D eigenvalue weighted by Gasteiger charge is -2.38. The minimum absolute atomic E-state index is 0.178. The molecule has 0 radical (unpaired) electrons. The fraction of sp³-hybridized carbons (Fsp3) is 0.875. The molecule has 3 aliphatic rings. The lowest BCUT2D eigenvalue weighted by Crippen LogP contribution is -2.54. The summed E-state index contributed by atoms with van der Waals surface area (Å²) >= 11 is 0. The third-order valence-electron chi connectivity index (χ3n) is 5.19. The van der Waals surface area contributed by atoms with E-state index in [0.717, 1.165) is 51.9 Å². The largest absolute Gasteiger partial charge is 0.339 e. The Labute approximate surface area is 127 Å². The topological polar surface area (TPSA) is 43.9 Å². The van der Waals surface area contributed by atoms with Crippen LogP contribution in [0.3, 0.4) is 0 Å². The Morgan fingerprint density at radius 1 is 0.619 bits per heavy atom. The fourth-order valence-electron chi connectivity index (χ4n) is 3.83. The van der Waals surface area contributed by atoms with Gasteiger partial charge in [0.1, 0.15) is 0 Å². The number of likely N-dealkylation sites (tertiary alicyclic amines) is 1. The van der Waals surface area contributed by atoms with Crippen molar-refractivity contribution >= 4 is 11.9 Å². The highest BCUT2D eigenvalue weighted by molar-refractivity contribution is 5.80. The molecule has 1 saturated carbocycles. The highest BCUT2D eigenvalue weighted by Crippen LogP contribution is 2.26. The number of carbonyl (C=O) groups excluding carboxylic acids is 2. The van der Waals surface area contributed by atoms with Gasteiger partial charge in [0, 0.05) is 45.2 Å². The first kappa shape index (κ1) is 14.7. The van der Waals surface area contributed by atoms with Crippen LogP contribution in [-0.4, -0.2) is 65.9 Å². The van der Waals surface area contributed by atoms with Crippen LogP contribution in [0.1, 0.15) is 44.9 Å². The number of carbonyl (C=O) groups is 2. The van der Waals surface area contributed by atoms with E-state index < -0.39 is 0 Å². The van der Waals surface area contributed by atoms with Crippen molar-refractivity contribution in [3.05, 3.63) is 0 Å². The van der Waals surface area contributed by atoms with Gasteiger partial charge in [-0.15, -0.1) is 0 Å². The number of hydrogen-bond acceptors (Lipinski definition) is 2. The molecule has 0 aromatic rings. The van der Waals surface area contributed by atoms with Crippen LogP contribution in [0, 0.1) is 5.92 Å². The molecule has 0 aromatic heterocycles. The molecule has 3 fully saturated rings. The minimum Gasteiger partial charge on any atom is -0.339 e. The first-order valence-electron chi connectivity index (χ1n) is 8.58. The van der Waals surface area contributed by atoms with Crippen LogP contribution in [0.2, 0.25) is 0 Å². The zero-order chi connectivity index (χ0) is 14.7. The lowest BCUT2D eigenvalue weighted by atomic mass is 9.88. The average molecular weight is 293 g/mol. The first-order chi connectivity index (χ1) is 10.3. The van der Waals surface area contributed by atoms with Gasteiger partial charge in [-0.25, -0.2) is 4.79 Å². The zero-order valence-electron chi connectivity index (χ0n) is 12.9. The Morgan fingerprint density at radius 3 is 1.76 bits per heavy atom. The van der Waals surface area contributed by atoms with E-state index in [1.54, 1.807) is 0 Å². The number of nitrogens with zero attached hydrogens (tertiary/aromatic N) is 3. The Morgan fingerprint density at radius 2 is 1.14 bits per heavy atom. The maximum absolute atomic E-state index is 12.5. The summed E-state index contributed by atoms with van der Waals surface area (Å²) in [5, 5.41) is 0. The molecule has 0 aromatic carbocycles. The number of piperazine rings is 1. The molecule has 3 rings (SSSR count). The zero-order valence-corrected chi connectivity index (χ0v) is 12.9. The van der Waals surface area contributed by atoms with Gasteiger partial charge in [0.25, 0.3) is 0 Å². The summed E-state index contributed by atoms with van der Waals surface area (Å²) in [5.74, 6) is 0.586. The number of urea groups is 1. The molecule has 2 saturated heterocycles. The van der Waals surface area contributed by atoms with Gasteiger partial charge in [-0.3, -0.25) is 4.79 Å². The van der Waals surface area contributed by atoms with Gasteiger partial charge in [-0.05, 0) is 25.7 Å². The molecule has 5 heteroatoms. The second kappa shape index (κ2) is 6.67. The van der Waals surface area contributed by atoms with Crippen LogP contribution in [-0.2, 0) is 4.79 Å². The van der Waals surface area contributed by atoms with Crippen LogP contribution in [0.25, 0.3) is 0 Å². The SMILES string of the molecule is O=C(C1CCCCC1)N1CCN(C(=O)N2CCCC2)CC1. The van der Waals surface area contributed by atoms with Gasteiger partial charge in [-0.2, -0.15) is 0 Å². The maximum Gasteiger partial charge on any atom is 0.320 e. The number of hydrogen-bond donors (Lipinski definition) is 0. The second-order valence-corrected chi connectivity index (χ2v) is 6.62. The van der Waals surface area contributed by atoms with Crippen molar-refractivity contribution in [2.45, 2.75) is 44.9 Å². The fourth-order valence-corrected chi connectivity index (χ4v) is 3.83. The Hall–Kier alpha value is -1.26. The van der Waals surface area contributed by atoms with Crippen LogP contribution in [0.15, 0.2) is 0 Å². The molecule has 0 bridgehead atoms. The molecule has 1 aliphatic carbocycles. The van der Waals surface area contributed by atoms with E-state index in [1.807, 2.05) is 14.7 Å². The maximum atomic E-state index is 12.5. The summed E-state index contributed by atoms with van der Waals surface area (Å²) < 4.78 is 0. The Kier molecular flexibility index (Phi) is 4.66. The summed E-state index contributed by atoms with van der Waals surface area (Å²) in [6.07, 6.45) is 8.06. The van der Waals surface area contributed by atoms with E-state index in [-0.39, 0.29) is 11.9 Å². The van der Waals surface area contributed by atoms with E-state index in [0.29, 0.717) is 19.0 Å². The Balaban J connectivity index is 1.48. The average Bonchev–Trinajstić information content (AvgIpc) is 3.09. The van der Waals surface area contributed by atoms with Crippen LogP contribution in [0.4, 0.5) is 4.79 Å². The van der Waals surface area contributed by atoms with Crippen molar-refractivity contribution in [3.63, 3.8) is 0 Å². The van der Waals surface area contributed by atoms with Crippen molar-refractivity contribution in [2.24, 2.45) is 5.92 Å². The second-order valence-electron chi connectivity index (χ2n) is 6.62. The third kappa shape index (κ3) is 3.33. The van der Waals surface area contributed by atoms with Gasteiger partial charge in [0.2, 0.25) is 5.91 Å². The van der Waals surface area contributed by atoms with Gasteiger partial charge < -0.3 is 14.7 Å². The quantitative estimate of drug-likeness (QED) is 0.741. The number of rotatable bonds is 1. The van der Waals surface area contributed by atoms with Gasteiger partial charge in [0.05, 0.1) is 0 Å². The molecule has 0 N–H and O–H groups in total. The van der Waals surface area contributed by atoms with Crippen molar-refractivity contribution in [2.75, 3.05) is 39.3 Å². The molecular formula is C16H27N3O2. The van der Waals surface area contributed by atoms with E-state index in [2.05, 4.69) is 0 Å². The summed E-state index contributed by atoms with van der Waals surface area (Å²) in [5.41, 5.74) is 0. The van der Waals surface area contributed by atoms with Gasteiger partial charge >= 0.3 is 6.03 Å². The van der Waals surface area contributed by atoms with Gasteiger partial charge in [0.15, 0.2) is 0 Å². The molecule has 0 atom stereocenters. The summed E-state index contributed by atoms with van der Waals surface area (Å²) in [7, 11) is 0. The van der Waals surface area contributed by atoms with Gasteiger partial charge in [-0.1, -0.05) is 19.3 Å². The van der Waals surface area contributed by atoms with Crippen molar-refractivity contribution in [3.8, 4) is 0 Å². The Bertz CT molecular complexity index is 379. The summed E-state index contributed by atoms with van der Waals surface area (Å²) in [6, 6.07) is 0.178. The van der Waals surface area contributed by atoms with Crippen molar-refractivity contribution in [1.82, 2.24) is 14.7 Å². The van der Waals surface area contributed by atoms with E-state index >= 15 is 0 Å². The number of amides is 3. The molecule has 118 valence electrons. The smallest absolute Gasteiger partial charge is 0.320 e. The standard InChI is InChI=1S/C16H27N3O2/c20-15(14-6-2-1-3-7-14)17-10-12-19(13-11-17)16(21)18-8-4-5-9-18/h14H,1-13H2. The molecule has 0 spiro atoms. The van der Waals surface area contributed by atoms with Crippen molar-refractivity contribution in [1.29, 1.82) is 0 Å². The first-order valence-corrected chi connectivity index (χ1v) is 8.58. The normalized spacial score (nSPS) is 24.5. The van der Waals surface area contributed by atoms with E-state index in [4.69, 9.17) is 0 Å². The molecule has 5 nitrogen and oxygen atoms in total. The van der Waals surface area contributed by atoms with Crippen LogP contribution in [0.5, 0.6) is 0 Å². The molecule has 0 unspecified atom stereocenters. The monoisotopic (exact) mass is 293 g/mol. The van der Waals surface area contributed by atoms with Crippen molar-refractivity contribution < 1.29 is 9.59 Å². The summed E-state index contributed by atoms with van der Waals surface area (Å²) in [6.45, 7) is 4.64. The van der Waals surface area contributed by atoms with Crippen LogP contribution >= 0.6 is 0 Å². The van der Waals surface area contributed by atoms with E-state index in [9.17, 15) is 9.59 Å². The third-order valence-corrected chi connectivity index (χ3v) is 5.19. The molecule has 2 aliphatic heterocycles. The van der Waals surface area contributed by atoms with E-state index in [1.165, 1.54) is 19.3 Å². The molecule has 2 heterocycles. The highest BCUT2D eigenvalue weighted by atomic mass is 16.2. The molecule has 21 heavy (non-hydrogen) atoms. The lowest BCUT2D eigenvalue weighted by molar-refractivity contribution is -0.138. The minimum atomic E-state index is 0.178. The predicted molar refractivity (Wildman–Crippen MR) is 80.9 cm³/mol. The molecule has 3 amide bonds. The highest BCUT2D eigenvalue weighted by Gasteiger charge is 2.31. The predicted octanol–water partition coefficient (Wildman–Crippen LogP) is 1.93. The van der Waals surface area contributed by atoms with Crippen LogP contribution < -0.4 is 0 Å².